The van der Waals surface area contributed by atoms with Gasteiger partial charge < -0.3 is 10.6 Å². The third kappa shape index (κ3) is 4.74. The topological polar surface area (TPSA) is 66.9 Å². The van der Waals surface area contributed by atoms with Gasteiger partial charge in [-0.1, -0.05) is 69.3 Å². The lowest BCUT2D eigenvalue weighted by Crippen LogP contribution is -2.19. The standard InChI is InChI=1S/C23H26N4O/c1-16(17-10-6-5-7-11-17)26-22-24-14-18(15-25-22)21(28)27-20-13-9-8-12-19(20)23(2,3)4/h5-16H,1-4H3,(H,27,28)(H,24,25,26). The van der Waals surface area contributed by atoms with E-state index < -0.39 is 0 Å². The molecule has 2 aromatic carbocycles. The summed E-state index contributed by atoms with van der Waals surface area (Å²) in [4.78, 5) is 21.2. The first kappa shape index (κ1) is 19.5. The van der Waals surface area contributed by atoms with E-state index in [0.717, 1.165) is 16.8 Å². The lowest BCUT2D eigenvalue weighted by atomic mass is 9.86. The molecule has 28 heavy (non-hydrogen) atoms. The summed E-state index contributed by atoms with van der Waals surface area (Å²) in [5, 5.41) is 6.23. The predicted molar refractivity (Wildman–Crippen MR) is 114 cm³/mol. The van der Waals surface area contributed by atoms with E-state index in [-0.39, 0.29) is 17.4 Å². The molecule has 3 rings (SSSR count). The summed E-state index contributed by atoms with van der Waals surface area (Å²) in [6.45, 7) is 8.41. The van der Waals surface area contributed by atoms with Crippen LogP contribution in [0.4, 0.5) is 11.6 Å². The number of anilines is 2. The zero-order valence-electron chi connectivity index (χ0n) is 16.7. The Kier molecular flexibility index (Phi) is 5.73. The number of carbonyl (C=O) groups is 1. The Hall–Kier alpha value is -3.21. The molecular formula is C23H26N4O. The Morgan fingerprint density at radius 2 is 1.54 bits per heavy atom. The Labute approximate surface area is 166 Å². The largest absolute Gasteiger partial charge is 0.348 e. The molecule has 0 aliphatic carbocycles. The molecule has 0 spiro atoms. The van der Waals surface area contributed by atoms with Crippen molar-refractivity contribution < 1.29 is 4.79 Å². The molecule has 5 nitrogen and oxygen atoms in total. The van der Waals surface area contributed by atoms with Crippen molar-refractivity contribution in [3.8, 4) is 0 Å². The Bertz CT molecular complexity index is 931. The van der Waals surface area contributed by atoms with Gasteiger partial charge in [0.1, 0.15) is 0 Å². The Morgan fingerprint density at radius 3 is 2.18 bits per heavy atom. The maximum atomic E-state index is 12.6. The van der Waals surface area contributed by atoms with Gasteiger partial charge in [0.05, 0.1) is 11.6 Å². The van der Waals surface area contributed by atoms with Crippen LogP contribution in [0, 0.1) is 0 Å². The van der Waals surface area contributed by atoms with Crippen LogP contribution in [0.5, 0.6) is 0 Å². The highest BCUT2D eigenvalue weighted by Crippen LogP contribution is 2.29. The zero-order chi connectivity index (χ0) is 20.1. The van der Waals surface area contributed by atoms with Crippen molar-refractivity contribution in [2.75, 3.05) is 10.6 Å². The molecule has 1 heterocycles. The Morgan fingerprint density at radius 1 is 0.929 bits per heavy atom. The second kappa shape index (κ2) is 8.21. The molecule has 0 saturated heterocycles. The summed E-state index contributed by atoms with van der Waals surface area (Å²) in [5.74, 6) is 0.266. The Balaban J connectivity index is 1.69. The number of hydrogen-bond donors (Lipinski definition) is 2. The first-order chi connectivity index (χ1) is 13.3. The number of hydrogen-bond acceptors (Lipinski definition) is 4. The van der Waals surface area contributed by atoms with Gasteiger partial charge in [-0.05, 0) is 29.5 Å². The van der Waals surface area contributed by atoms with Crippen LogP contribution in [0.15, 0.2) is 67.0 Å². The highest BCUT2D eigenvalue weighted by molar-refractivity contribution is 6.04. The fourth-order valence-electron chi connectivity index (χ4n) is 2.98. The second-order valence-electron chi connectivity index (χ2n) is 7.82. The van der Waals surface area contributed by atoms with E-state index in [1.165, 1.54) is 0 Å². The third-order valence-corrected chi connectivity index (χ3v) is 4.54. The highest BCUT2D eigenvalue weighted by Gasteiger charge is 2.19. The van der Waals surface area contributed by atoms with Crippen molar-refractivity contribution in [3.63, 3.8) is 0 Å². The fraction of sp³-hybridized carbons (Fsp3) is 0.261. The molecule has 0 aliphatic rings. The molecule has 1 amide bonds. The van der Waals surface area contributed by atoms with Crippen molar-refractivity contribution >= 4 is 17.5 Å². The number of carbonyl (C=O) groups excluding carboxylic acids is 1. The molecule has 1 atom stereocenters. The molecule has 0 fully saturated rings. The minimum Gasteiger partial charge on any atom is -0.348 e. The van der Waals surface area contributed by atoms with E-state index in [9.17, 15) is 4.79 Å². The lowest BCUT2D eigenvalue weighted by molar-refractivity contribution is 0.102. The van der Waals surface area contributed by atoms with Gasteiger partial charge in [0.2, 0.25) is 5.95 Å². The number of nitrogens with zero attached hydrogens (tertiary/aromatic N) is 2. The number of aromatic nitrogens is 2. The normalized spacial score (nSPS) is 12.3. The first-order valence-electron chi connectivity index (χ1n) is 9.39. The van der Waals surface area contributed by atoms with Crippen LogP contribution in [0.3, 0.4) is 0 Å². The summed E-state index contributed by atoms with van der Waals surface area (Å²) in [6, 6.07) is 18.0. The molecule has 3 aromatic rings. The van der Waals surface area contributed by atoms with Gasteiger partial charge in [0.15, 0.2) is 0 Å². The van der Waals surface area contributed by atoms with Gasteiger partial charge in [-0.25, -0.2) is 9.97 Å². The van der Waals surface area contributed by atoms with Crippen LogP contribution in [-0.4, -0.2) is 15.9 Å². The molecule has 0 saturated carbocycles. The van der Waals surface area contributed by atoms with Crippen molar-refractivity contribution in [3.05, 3.63) is 83.7 Å². The van der Waals surface area contributed by atoms with E-state index in [1.807, 2.05) is 61.5 Å². The van der Waals surface area contributed by atoms with Gasteiger partial charge in [0, 0.05) is 18.1 Å². The van der Waals surface area contributed by atoms with Crippen LogP contribution < -0.4 is 10.6 Å². The quantitative estimate of drug-likeness (QED) is 0.644. The number of nitrogens with one attached hydrogen (secondary N) is 2. The van der Waals surface area contributed by atoms with E-state index in [2.05, 4.69) is 41.4 Å². The summed E-state index contributed by atoms with van der Waals surface area (Å²) < 4.78 is 0. The maximum absolute atomic E-state index is 12.6. The molecule has 0 aliphatic heterocycles. The third-order valence-electron chi connectivity index (χ3n) is 4.54. The van der Waals surface area contributed by atoms with Gasteiger partial charge in [-0.15, -0.1) is 0 Å². The molecule has 144 valence electrons. The average molecular weight is 374 g/mol. The summed E-state index contributed by atoms with van der Waals surface area (Å²) in [5.41, 5.74) is 3.38. The molecule has 1 aromatic heterocycles. The minimum atomic E-state index is -0.223. The van der Waals surface area contributed by atoms with E-state index in [1.54, 1.807) is 12.4 Å². The van der Waals surface area contributed by atoms with Crippen molar-refractivity contribution in [2.24, 2.45) is 0 Å². The number of amides is 1. The fourth-order valence-corrected chi connectivity index (χ4v) is 2.98. The van der Waals surface area contributed by atoms with Crippen LogP contribution in [0.1, 0.15) is 55.2 Å². The summed E-state index contributed by atoms with van der Waals surface area (Å²) in [7, 11) is 0. The zero-order valence-corrected chi connectivity index (χ0v) is 16.7. The van der Waals surface area contributed by atoms with Gasteiger partial charge >= 0.3 is 0 Å². The van der Waals surface area contributed by atoms with Crippen LogP contribution in [0.2, 0.25) is 0 Å². The van der Waals surface area contributed by atoms with Crippen molar-refractivity contribution in [2.45, 2.75) is 39.2 Å². The molecule has 0 bridgehead atoms. The van der Waals surface area contributed by atoms with E-state index >= 15 is 0 Å². The van der Waals surface area contributed by atoms with Crippen LogP contribution in [-0.2, 0) is 5.41 Å². The van der Waals surface area contributed by atoms with Gasteiger partial charge in [-0.2, -0.15) is 0 Å². The summed E-state index contributed by atoms with van der Waals surface area (Å²) >= 11 is 0. The SMILES string of the molecule is CC(Nc1ncc(C(=O)Nc2ccccc2C(C)(C)C)cn1)c1ccccc1. The van der Waals surface area contributed by atoms with Crippen molar-refractivity contribution in [1.82, 2.24) is 9.97 Å². The van der Waals surface area contributed by atoms with Crippen molar-refractivity contribution in [1.29, 1.82) is 0 Å². The predicted octanol–water partition coefficient (Wildman–Crippen LogP) is 5.20. The minimum absolute atomic E-state index is 0.0677. The molecule has 0 radical (unpaired) electrons. The lowest BCUT2D eigenvalue weighted by Gasteiger charge is -2.23. The van der Waals surface area contributed by atoms with E-state index in [0.29, 0.717) is 11.5 Å². The maximum Gasteiger partial charge on any atom is 0.258 e. The second-order valence-corrected chi connectivity index (χ2v) is 7.82. The number of benzene rings is 2. The first-order valence-corrected chi connectivity index (χ1v) is 9.39. The average Bonchev–Trinajstić information content (AvgIpc) is 2.69. The molecule has 5 heteroatoms. The highest BCUT2D eigenvalue weighted by atomic mass is 16.1. The van der Waals surface area contributed by atoms with Gasteiger partial charge in [0.25, 0.3) is 5.91 Å². The molecule has 1 unspecified atom stereocenters. The molecular weight excluding hydrogens is 348 g/mol. The monoisotopic (exact) mass is 374 g/mol. The smallest absolute Gasteiger partial charge is 0.258 e. The van der Waals surface area contributed by atoms with Crippen LogP contribution >= 0.6 is 0 Å². The van der Waals surface area contributed by atoms with E-state index in [4.69, 9.17) is 0 Å². The number of para-hydroxylation sites is 1. The molecule has 2 N–H and O–H groups in total. The van der Waals surface area contributed by atoms with Crippen LogP contribution in [0.25, 0.3) is 0 Å². The number of rotatable bonds is 5. The summed E-state index contributed by atoms with van der Waals surface area (Å²) in [6.07, 6.45) is 3.09. The van der Waals surface area contributed by atoms with Gasteiger partial charge in [-0.3, -0.25) is 4.79 Å².